The number of rotatable bonds is 4. The third kappa shape index (κ3) is 3.25. The number of nitrogens with zero attached hydrogens (tertiary/aromatic N) is 2. The van der Waals surface area contributed by atoms with Gasteiger partial charge in [0.2, 0.25) is 0 Å². The highest BCUT2D eigenvalue weighted by Gasteiger charge is 2.15. The van der Waals surface area contributed by atoms with Gasteiger partial charge in [0.15, 0.2) is 0 Å². The molecule has 0 fully saturated rings. The maximum Gasteiger partial charge on any atom is 0.413 e. The molecule has 0 aliphatic rings. The molecule has 0 aliphatic heterocycles. The molecule has 0 bridgehead atoms. The van der Waals surface area contributed by atoms with Crippen LogP contribution in [0.2, 0.25) is 0 Å². The van der Waals surface area contributed by atoms with Crippen molar-refractivity contribution < 1.29 is 9.53 Å². The van der Waals surface area contributed by atoms with Crippen molar-refractivity contribution in [3.8, 4) is 11.1 Å². The first-order chi connectivity index (χ1) is 12.8. The molecule has 2 aromatic heterocycles. The first-order valence-electron chi connectivity index (χ1n) is 8.16. The number of amides is 1. The van der Waals surface area contributed by atoms with Crippen LogP contribution in [0.25, 0.3) is 22.2 Å². The lowest BCUT2D eigenvalue weighted by molar-refractivity contribution is 0.155. The lowest BCUT2D eigenvalue weighted by Gasteiger charge is -2.08. The van der Waals surface area contributed by atoms with E-state index in [-0.39, 0.29) is 6.61 Å². The third-order valence-corrected chi connectivity index (χ3v) is 3.99. The van der Waals surface area contributed by atoms with E-state index in [1.807, 2.05) is 66.9 Å². The number of hydrogen-bond acceptors (Lipinski definition) is 4. The van der Waals surface area contributed by atoms with Crippen molar-refractivity contribution in [3.05, 3.63) is 78.8 Å². The number of hydrogen-bond donors (Lipinski definition) is 2. The molecule has 2 heterocycles. The second-order valence-electron chi connectivity index (χ2n) is 5.70. The number of H-pyrrole nitrogens is 1. The Morgan fingerprint density at radius 2 is 1.73 bits per heavy atom. The summed E-state index contributed by atoms with van der Waals surface area (Å²) in [4.78, 5) is 23.8. The standard InChI is InChI=1S/C20H16N4O2/c25-20(26-12-14-7-3-1-4-8-14)24-19-17-16(15-9-5-2-6-10-15)11-21-18(17)22-13-23-19/h1-11,13H,12H2,(H2,21,22,23,24,25). The van der Waals surface area contributed by atoms with E-state index in [1.165, 1.54) is 6.33 Å². The summed E-state index contributed by atoms with van der Waals surface area (Å²) in [6, 6.07) is 19.4. The van der Waals surface area contributed by atoms with Crippen molar-refractivity contribution in [3.63, 3.8) is 0 Å². The Bertz CT molecular complexity index is 1030. The number of carbonyl (C=O) groups is 1. The minimum Gasteiger partial charge on any atom is -0.444 e. The molecule has 26 heavy (non-hydrogen) atoms. The van der Waals surface area contributed by atoms with Gasteiger partial charge in [0, 0.05) is 11.8 Å². The average Bonchev–Trinajstić information content (AvgIpc) is 3.13. The van der Waals surface area contributed by atoms with Crippen LogP contribution in [0, 0.1) is 0 Å². The zero-order valence-corrected chi connectivity index (χ0v) is 13.8. The van der Waals surface area contributed by atoms with Gasteiger partial charge in [-0.05, 0) is 11.1 Å². The topological polar surface area (TPSA) is 79.9 Å². The Kier molecular flexibility index (Phi) is 4.30. The second-order valence-corrected chi connectivity index (χ2v) is 5.70. The van der Waals surface area contributed by atoms with E-state index in [4.69, 9.17) is 4.74 Å². The lowest BCUT2D eigenvalue weighted by atomic mass is 10.1. The molecule has 0 saturated carbocycles. The summed E-state index contributed by atoms with van der Waals surface area (Å²) in [6.45, 7) is 0.194. The predicted molar refractivity (Wildman–Crippen MR) is 99.6 cm³/mol. The predicted octanol–water partition coefficient (Wildman–Crippen LogP) is 4.37. The largest absolute Gasteiger partial charge is 0.444 e. The quantitative estimate of drug-likeness (QED) is 0.576. The monoisotopic (exact) mass is 344 g/mol. The second kappa shape index (κ2) is 7.06. The molecule has 0 atom stereocenters. The molecule has 6 heteroatoms. The van der Waals surface area contributed by atoms with Gasteiger partial charge >= 0.3 is 6.09 Å². The normalized spacial score (nSPS) is 10.6. The van der Waals surface area contributed by atoms with Gasteiger partial charge in [-0.2, -0.15) is 0 Å². The molecule has 2 N–H and O–H groups in total. The van der Waals surface area contributed by atoms with Crippen molar-refractivity contribution in [1.29, 1.82) is 0 Å². The van der Waals surface area contributed by atoms with Gasteiger partial charge < -0.3 is 9.72 Å². The fourth-order valence-electron chi connectivity index (χ4n) is 2.76. The maximum atomic E-state index is 12.2. The van der Waals surface area contributed by atoms with Crippen LogP contribution in [0.5, 0.6) is 0 Å². The molecule has 0 unspecified atom stereocenters. The van der Waals surface area contributed by atoms with E-state index < -0.39 is 6.09 Å². The fourth-order valence-corrected chi connectivity index (χ4v) is 2.76. The molecular formula is C20H16N4O2. The zero-order chi connectivity index (χ0) is 17.8. The first-order valence-corrected chi connectivity index (χ1v) is 8.16. The van der Waals surface area contributed by atoms with Crippen molar-refractivity contribution in [2.75, 3.05) is 5.32 Å². The van der Waals surface area contributed by atoms with Gasteiger partial charge in [-0.1, -0.05) is 60.7 Å². The Hall–Kier alpha value is -3.67. The fraction of sp³-hybridized carbons (Fsp3) is 0.0500. The van der Waals surface area contributed by atoms with Crippen LogP contribution in [0.15, 0.2) is 73.2 Å². The number of benzene rings is 2. The molecule has 4 rings (SSSR count). The van der Waals surface area contributed by atoms with Gasteiger partial charge in [-0.25, -0.2) is 14.8 Å². The van der Waals surface area contributed by atoms with Crippen LogP contribution >= 0.6 is 0 Å². The minimum absolute atomic E-state index is 0.194. The Balaban J connectivity index is 1.58. The minimum atomic E-state index is -0.561. The molecule has 0 aliphatic carbocycles. The molecule has 0 saturated heterocycles. The van der Waals surface area contributed by atoms with Gasteiger partial charge in [0.05, 0.1) is 5.39 Å². The number of fused-ring (bicyclic) bond motifs is 1. The summed E-state index contributed by atoms with van der Waals surface area (Å²) in [6.07, 6.45) is 2.70. The molecular weight excluding hydrogens is 328 g/mol. The number of aromatic nitrogens is 3. The van der Waals surface area contributed by atoms with Crippen molar-refractivity contribution >= 4 is 22.9 Å². The number of anilines is 1. The molecule has 4 aromatic rings. The Labute approximate surface area is 149 Å². The lowest BCUT2D eigenvalue weighted by Crippen LogP contribution is -2.14. The highest BCUT2D eigenvalue weighted by atomic mass is 16.5. The van der Waals surface area contributed by atoms with Crippen LogP contribution < -0.4 is 5.32 Å². The average molecular weight is 344 g/mol. The first kappa shape index (κ1) is 15.8. The zero-order valence-electron chi connectivity index (χ0n) is 13.8. The number of ether oxygens (including phenoxy) is 1. The van der Waals surface area contributed by atoms with Crippen molar-refractivity contribution in [2.24, 2.45) is 0 Å². The van der Waals surface area contributed by atoms with E-state index in [9.17, 15) is 4.79 Å². The van der Waals surface area contributed by atoms with Crippen LogP contribution in [0.4, 0.5) is 10.6 Å². The van der Waals surface area contributed by atoms with E-state index in [2.05, 4.69) is 20.3 Å². The summed E-state index contributed by atoms with van der Waals surface area (Å²) < 4.78 is 5.28. The Morgan fingerprint density at radius 1 is 1.00 bits per heavy atom. The van der Waals surface area contributed by atoms with Crippen LogP contribution in [0.3, 0.4) is 0 Å². The summed E-state index contributed by atoms with van der Waals surface area (Å²) in [5, 5.41) is 3.46. The molecule has 0 spiro atoms. The smallest absolute Gasteiger partial charge is 0.413 e. The molecule has 2 aromatic carbocycles. The number of carbonyl (C=O) groups excluding carboxylic acids is 1. The molecule has 1 amide bonds. The van der Waals surface area contributed by atoms with Gasteiger partial charge in [-0.15, -0.1) is 0 Å². The molecule has 6 nitrogen and oxygen atoms in total. The van der Waals surface area contributed by atoms with Crippen molar-refractivity contribution in [1.82, 2.24) is 15.0 Å². The SMILES string of the molecule is O=C(Nc1ncnc2[nH]cc(-c3ccccc3)c12)OCc1ccccc1. The van der Waals surface area contributed by atoms with Gasteiger partial charge in [0.1, 0.15) is 24.4 Å². The summed E-state index contributed by atoms with van der Waals surface area (Å²) in [7, 11) is 0. The van der Waals surface area contributed by atoms with E-state index in [0.29, 0.717) is 11.5 Å². The van der Waals surface area contributed by atoms with E-state index >= 15 is 0 Å². The van der Waals surface area contributed by atoms with Gasteiger partial charge in [0.25, 0.3) is 0 Å². The molecule has 128 valence electrons. The Morgan fingerprint density at radius 3 is 2.50 bits per heavy atom. The van der Waals surface area contributed by atoms with Crippen LogP contribution in [-0.2, 0) is 11.3 Å². The molecule has 0 radical (unpaired) electrons. The van der Waals surface area contributed by atoms with Crippen LogP contribution in [0.1, 0.15) is 5.56 Å². The third-order valence-electron chi connectivity index (χ3n) is 3.99. The van der Waals surface area contributed by atoms with Crippen molar-refractivity contribution in [2.45, 2.75) is 6.61 Å². The van der Waals surface area contributed by atoms with Gasteiger partial charge in [-0.3, -0.25) is 5.32 Å². The van der Waals surface area contributed by atoms with E-state index in [1.54, 1.807) is 0 Å². The summed E-state index contributed by atoms with van der Waals surface area (Å²) in [5.41, 5.74) is 3.49. The van der Waals surface area contributed by atoms with E-state index in [0.717, 1.165) is 22.1 Å². The maximum absolute atomic E-state index is 12.2. The number of aromatic amines is 1. The highest BCUT2D eigenvalue weighted by Crippen LogP contribution is 2.31. The van der Waals surface area contributed by atoms with Crippen LogP contribution in [-0.4, -0.2) is 21.0 Å². The summed E-state index contributed by atoms with van der Waals surface area (Å²) in [5.74, 6) is 0.410. The number of nitrogens with one attached hydrogen (secondary N) is 2. The highest BCUT2D eigenvalue weighted by molar-refractivity contribution is 6.04. The summed E-state index contributed by atoms with van der Waals surface area (Å²) >= 11 is 0.